The molecule has 8 rings (SSSR count). The molecule has 5 aliphatic rings. The molecule has 0 aliphatic carbocycles. The average molecular weight is 707 g/mol. The van der Waals surface area contributed by atoms with Crippen molar-refractivity contribution in [2.45, 2.75) is 82.9 Å². The molecular weight excluding hydrogens is 668 g/mol. The van der Waals surface area contributed by atoms with Gasteiger partial charge >= 0.3 is 0 Å². The highest BCUT2D eigenvalue weighted by atomic mass is 35.5. The number of nitrogens with one attached hydrogen (secondary N) is 1. The molecule has 12 heteroatoms. The number of rotatable bonds is 6. The molecule has 262 valence electrons. The summed E-state index contributed by atoms with van der Waals surface area (Å²) in [5.41, 5.74) is 5.68. The number of hydrogen-bond donors (Lipinski definition) is 1. The molecule has 5 heterocycles. The van der Waals surface area contributed by atoms with E-state index in [0.29, 0.717) is 53.1 Å². The summed E-state index contributed by atoms with van der Waals surface area (Å²) in [7, 11) is 0. The Morgan fingerprint density at radius 3 is 2.33 bits per heavy atom. The minimum absolute atomic E-state index is 0.0311. The SMILES string of the molecule is [C-]#[N+]c1ccc(O[C@H]2CN(C(=O)c3ccc(N4CCC(N5Cc6cc7c(cc6C5)C(=O)N(C5CCC(=O)NC5=O)C7)CC4)cc3)C2(C)C)cc1Cl. The highest BCUT2D eigenvalue weighted by molar-refractivity contribution is 6.33. The van der Waals surface area contributed by atoms with Gasteiger partial charge in [0.2, 0.25) is 17.5 Å². The number of ether oxygens (including phenoxy) is 1. The van der Waals surface area contributed by atoms with Gasteiger partial charge in [-0.25, -0.2) is 4.85 Å². The summed E-state index contributed by atoms with van der Waals surface area (Å²) in [6.45, 7) is 15.5. The zero-order chi connectivity index (χ0) is 35.6. The quantitative estimate of drug-likeness (QED) is 0.273. The Morgan fingerprint density at radius 1 is 0.941 bits per heavy atom. The Kier molecular flexibility index (Phi) is 8.27. The molecule has 0 spiro atoms. The third-order valence-electron chi connectivity index (χ3n) is 11.4. The Balaban J connectivity index is 0.837. The van der Waals surface area contributed by atoms with Gasteiger partial charge in [-0.3, -0.25) is 29.4 Å². The summed E-state index contributed by atoms with van der Waals surface area (Å²) in [6.07, 6.45) is 2.46. The van der Waals surface area contributed by atoms with Crippen LogP contribution in [0.5, 0.6) is 5.75 Å². The molecule has 0 bridgehead atoms. The van der Waals surface area contributed by atoms with Crippen LogP contribution in [-0.4, -0.2) is 81.7 Å². The topological polar surface area (TPSA) is 107 Å². The van der Waals surface area contributed by atoms with E-state index in [2.05, 4.69) is 26.0 Å². The summed E-state index contributed by atoms with van der Waals surface area (Å²) < 4.78 is 6.15. The van der Waals surface area contributed by atoms with Crippen LogP contribution in [0.3, 0.4) is 0 Å². The van der Waals surface area contributed by atoms with Crippen LogP contribution in [0.4, 0.5) is 11.4 Å². The van der Waals surface area contributed by atoms with Crippen LogP contribution in [0.1, 0.15) is 76.9 Å². The van der Waals surface area contributed by atoms with E-state index in [9.17, 15) is 19.2 Å². The van der Waals surface area contributed by atoms with E-state index in [1.54, 1.807) is 23.1 Å². The van der Waals surface area contributed by atoms with Crippen molar-refractivity contribution in [1.29, 1.82) is 0 Å². The highest BCUT2D eigenvalue weighted by Crippen LogP contribution is 2.38. The second-order valence-corrected chi connectivity index (χ2v) is 15.2. The van der Waals surface area contributed by atoms with Crippen LogP contribution in [0.15, 0.2) is 54.6 Å². The molecule has 3 saturated heterocycles. The molecule has 0 saturated carbocycles. The van der Waals surface area contributed by atoms with Gasteiger partial charge in [-0.15, -0.1) is 0 Å². The number of carbonyl (C=O) groups excluding carboxylic acids is 4. The number of hydrogen-bond acceptors (Lipinski definition) is 7. The number of halogens is 1. The van der Waals surface area contributed by atoms with Gasteiger partial charge in [0.25, 0.3) is 11.8 Å². The molecular formula is C39H39ClN6O5. The van der Waals surface area contributed by atoms with E-state index in [-0.39, 0.29) is 36.2 Å². The van der Waals surface area contributed by atoms with Crippen LogP contribution < -0.4 is 15.0 Å². The molecule has 51 heavy (non-hydrogen) atoms. The predicted molar refractivity (Wildman–Crippen MR) is 191 cm³/mol. The third-order valence-corrected chi connectivity index (χ3v) is 11.7. The third kappa shape index (κ3) is 5.90. The number of carbonyl (C=O) groups is 4. The molecule has 3 aromatic carbocycles. The van der Waals surface area contributed by atoms with Crippen molar-refractivity contribution in [1.82, 2.24) is 20.0 Å². The minimum atomic E-state index is -0.597. The summed E-state index contributed by atoms with van der Waals surface area (Å²) in [6, 6.07) is 16.9. The zero-order valence-electron chi connectivity index (χ0n) is 28.7. The number of benzene rings is 3. The first kappa shape index (κ1) is 33.2. The lowest BCUT2D eigenvalue weighted by Crippen LogP contribution is -2.71. The van der Waals surface area contributed by atoms with Crippen molar-refractivity contribution in [2.24, 2.45) is 0 Å². The summed E-state index contributed by atoms with van der Waals surface area (Å²) in [5, 5.41) is 2.72. The molecule has 0 radical (unpaired) electrons. The highest BCUT2D eigenvalue weighted by Gasteiger charge is 2.51. The van der Waals surface area contributed by atoms with E-state index in [1.165, 1.54) is 11.1 Å². The summed E-state index contributed by atoms with van der Waals surface area (Å²) >= 11 is 6.19. The van der Waals surface area contributed by atoms with Gasteiger partial charge in [0, 0.05) is 62.0 Å². The van der Waals surface area contributed by atoms with Crippen LogP contribution in [-0.2, 0) is 29.2 Å². The van der Waals surface area contributed by atoms with Crippen LogP contribution in [0.25, 0.3) is 4.85 Å². The fourth-order valence-corrected chi connectivity index (χ4v) is 8.46. The second kappa shape index (κ2) is 12.7. The number of fused-ring (bicyclic) bond motifs is 2. The van der Waals surface area contributed by atoms with Gasteiger partial charge in [-0.2, -0.15) is 0 Å². The van der Waals surface area contributed by atoms with Crippen molar-refractivity contribution >= 4 is 46.6 Å². The summed E-state index contributed by atoms with van der Waals surface area (Å²) in [5.74, 6) is -0.236. The standard InChI is InChI=1S/C39H39ClN6O5/c1-39(2)34(51-29-8-9-32(41-3)31(40)18-29)22-46(39)37(49)23-4-6-27(7-5-23)43-14-12-28(13-15-43)44-19-24-16-26-21-45(33-10-11-35(47)42-36(33)48)38(50)30(26)17-25(24)20-44/h4-9,16-18,28,33-34H,10-15,19-22H2,1-2H3,(H,42,47,48)/t33?,34-/m0/s1. The van der Waals surface area contributed by atoms with Gasteiger partial charge < -0.3 is 19.4 Å². The Bertz CT molecular complexity index is 2000. The van der Waals surface area contributed by atoms with E-state index in [4.69, 9.17) is 22.9 Å². The first-order chi connectivity index (χ1) is 24.5. The van der Waals surface area contributed by atoms with E-state index in [0.717, 1.165) is 50.3 Å². The number of amides is 4. The number of anilines is 1. The molecule has 2 atom stereocenters. The van der Waals surface area contributed by atoms with Gasteiger partial charge in [0.05, 0.1) is 23.7 Å². The van der Waals surface area contributed by atoms with Crippen molar-refractivity contribution in [3.8, 4) is 5.75 Å². The lowest BCUT2D eigenvalue weighted by molar-refractivity contribution is -0.136. The predicted octanol–water partition coefficient (Wildman–Crippen LogP) is 5.32. The van der Waals surface area contributed by atoms with Gasteiger partial charge in [-0.1, -0.05) is 23.7 Å². The first-order valence-corrected chi connectivity index (χ1v) is 17.9. The van der Waals surface area contributed by atoms with Gasteiger partial charge in [0.1, 0.15) is 17.9 Å². The van der Waals surface area contributed by atoms with Crippen molar-refractivity contribution < 1.29 is 23.9 Å². The van der Waals surface area contributed by atoms with E-state index in [1.807, 2.05) is 49.1 Å². The largest absolute Gasteiger partial charge is 0.486 e. The fourth-order valence-electron chi connectivity index (χ4n) is 8.25. The molecule has 5 aliphatic heterocycles. The second-order valence-electron chi connectivity index (χ2n) is 14.7. The van der Waals surface area contributed by atoms with E-state index >= 15 is 0 Å². The molecule has 4 amide bonds. The lowest BCUT2D eigenvalue weighted by atomic mass is 9.84. The van der Waals surface area contributed by atoms with Gasteiger partial charge in [-0.05, 0) is 92.3 Å². The molecule has 1 N–H and O–H groups in total. The minimum Gasteiger partial charge on any atom is -0.486 e. The van der Waals surface area contributed by atoms with Crippen molar-refractivity contribution in [3.63, 3.8) is 0 Å². The Labute approximate surface area is 301 Å². The van der Waals surface area contributed by atoms with Crippen molar-refractivity contribution in [2.75, 3.05) is 24.5 Å². The normalized spacial score (nSPS) is 23.0. The Morgan fingerprint density at radius 2 is 1.67 bits per heavy atom. The first-order valence-electron chi connectivity index (χ1n) is 17.5. The number of imide groups is 1. The number of nitrogens with zero attached hydrogens (tertiary/aromatic N) is 5. The maximum Gasteiger partial charge on any atom is 0.255 e. The maximum atomic E-state index is 13.5. The van der Waals surface area contributed by atoms with Crippen LogP contribution in [0, 0.1) is 6.57 Å². The zero-order valence-corrected chi connectivity index (χ0v) is 29.4. The average Bonchev–Trinajstić information content (AvgIpc) is 3.68. The van der Waals surface area contributed by atoms with E-state index < -0.39 is 11.6 Å². The number of likely N-dealkylation sites (tertiary alicyclic amines) is 1. The molecule has 1 unspecified atom stereocenters. The van der Waals surface area contributed by atoms with Crippen molar-refractivity contribution in [3.05, 3.63) is 98.9 Å². The number of piperidine rings is 2. The molecule has 11 nitrogen and oxygen atoms in total. The van der Waals surface area contributed by atoms with Crippen LogP contribution >= 0.6 is 11.6 Å². The Hall–Kier alpha value is -4.92. The molecule has 3 fully saturated rings. The fraction of sp³-hybridized carbons (Fsp3) is 0.410. The van der Waals surface area contributed by atoms with Gasteiger partial charge in [0.15, 0.2) is 0 Å². The summed E-state index contributed by atoms with van der Waals surface area (Å²) in [4.78, 5) is 62.6. The molecule has 0 aromatic heterocycles. The monoisotopic (exact) mass is 706 g/mol. The molecule has 3 aromatic rings. The van der Waals surface area contributed by atoms with Crippen LogP contribution in [0.2, 0.25) is 5.02 Å². The maximum absolute atomic E-state index is 13.5. The lowest BCUT2D eigenvalue weighted by Gasteiger charge is -2.54. The smallest absolute Gasteiger partial charge is 0.255 e.